The fourth-order valence-electron chi connectivity index (χ4n) is 2.74. The molecule has 2 heterocycles. The molecule has 0 bridgehead atoms. The Kier molecular flexibility index (Phi) is 3.21. The van der Waals surface area contributed by atoms with Gasteiger partial charge in [-0.2, -0.15) is 5.10 Å². The first kappa shape index (κ1) is 12.2. The molecule has 1 saturated heterocycles. The largest absolute Gasteiger partial charge is 0.370 e. The van der Waals surface area contributed by atoms with E-state index in [4.69, 9.17) is 4.74 Å². The van der Waals surface area contributed by atoms with E-state index in [2.05, 4.69) is 22.3 Å². The first-order valence-corrected chi connectivity index (χ1v) is 6.63. The van der Waals surface area contributed by atoms with E-state index < -0.39 is 0 Å². The van der Waals surface area contributed by atoms with Gasteiger partial charge in [-0.1, -0.05) is 30.3 Å². The standard InChI is InChI=1S/C14H17N3O2/c1-2-17-13(15-16-14(17)18)12-11(8-9-19-12)10-6-4-3-5-7-10/h3-7,11-12H,2,8-9H2,1H3,(H,16,18)/t11-,12-/m1/s1. The van der Waals surface area contributed by atoms with Crippen molar-refractivity contribution in [3.05, 3.63) is 52.2 Å². The summed E-state index contributed by atoms with van der Waals surface area (Å²) in [5.41, 5.74) is 1.07. The van der Waals surface area contributed by atoms with Crippen LogP contribution in [-0.2, 0) is 11.3 Å². The van der Waals surface area contributed by atoms with E-state index >= 15 is 0 Å². The van der Waals surface area contributed by atoms with Crippen molar-refractivity contribution in [2.24, 2.45) is 0 Å². The summed E-state index contributed by atoms with van der Waals surface area (Å²) < 4.78 is 7.46. The van der Waals surface area contributed by atoms with Gasteiger partial charge in [-0.25, -0.2) is 9.89 Å². The van der Waals surface area contributed by atoms with E-state index in [0.29, 0.717) is 19.0 Å². The van der Waals surface area contributed by atoms with Crippen LogP contribution in [0.5, 0.6) is 0 Å². The molecule has 0 aliphatic carbocycles. The van der Waals surface area contributed by atoms with Crippen molar-refractivity contribution in [3.63, 3.8) is 0 Å². The van der Waals surface area contributed by atoms with E-state index in [9.17, 15) is 4.79 Å². The van der Waals surface area contributed by atoms with E-state index in [1.54, 1.807) is 4.57 Å². The van der Waals surface area contributed by atoms with Crippen LogP contribution in [0.3, 0.4) is 0 Å². The van der Waals surface area contributed by atoms with Crippen molar-refractivity contribution in [1.29, 1.82) is 0 Å². The summed E-state index contributed by atoms with van der Waals surface area (Å²) in [5, 5.41) is 6.66. The molecule has 2 aromatic rings. The van der Waals surface area contributed by atoms with Gasteiger partial charge in [-0.15, -0.1) is 0 Å². The molecule has 0 amide bonds. The topological polar surface area (TPSA) is 59.9 Å². The van der Waals surface area contributed by atoms with E-state index in [1.165, 1.54) is 5.56 Å². The molecule has 1 fully saturated rings. The number of ether oxygens (including phenoxy) is 1. The monoisotopic (exact) mass is 259 g/mol. The second-order valence-corrected chi connectivity index (χ2v) is 4.73. The number of aromatic nitrogens is 3. The molecule has 0 spiro atoms. The van der Waals surface area contributed by atoms with E-state index in [1.807, 2.05) is 25.1 Å². The lowest BCUT2D eigenvalue weighted by molar-refractivity contribution is 0.0937. The average molecular weight is 259 g/mol. The minimum absolute atomic E-state index is 0.138. The Bertz CT molecular complexity index is 603. The maximum absolute atomic E-state index is 11.7. The van der Waals surface area contributed by atoms with Crippen molar-refractivity contribution >= 4 is 0 Å². The molecule has 1 aromatic carbocycles. The Hall–Kier alpha value is -1.88. The number of aromatic amines is 1. The molecule has 1 N–H and O–H groups in total. The van der Waals surface area contributed by atoms with Crippen LogP contribution in [0, 0.1) is 0 Å². The minimum atomic E-state index is -0.167. The summed E-state index contributed by atoms with van der Waals surface area (Å²) in [4.78, 5) is 11.7. The third-order valence-corrected chi connectivity index (χ3v) is 3.68. The van der Waals surface area contributed by atoms with Gasteiger partial charge in [-0.3, -0.25) is 4.57 Å². The summed E-state index contributed by atoms with van der Waals surface area (Å²) in [5.74, 6) is 0.973. The molecule has 5 nitrogen and oxygen atoms in total. The number of benzene rings is 1. The van der Waals surface area contributed by atoms with Gasteiger partial charge < -0.3 is 4.74 Å². The number of nitrogens with one attached hydrogen (secondary N) is 1. The molecule has 100 valence electrons. The summed E-state index contributed by atoms with van der Waals surface area (Å²) in [6.45, 7) is 3.24. The van der Waals surface area contributed by atoms with Crippen LogP contribution >= 0.6 is 0 Å². The number of hydrogen-bond donors (Lipinski definition) is 1. The lowest BCUT2D eigenvalue weighted by atomic mass is 9.92. The van der Waals surface area contributed by atoms with E-state index in [0.717, 1.165) is 6.42 Å². The Morgan fingerprint density at radius 3 is 2.95 bits per heavy atom. The predicted octanol–water partition coefficient (Wildman–Crippen LogP) is 1.84. The third kappa shape index (κ3) is 2.10. The first-order valence-electron chi connectivity index (χ1n) is 6.63. The maximum Gasteiger partial charge on any atom is 0.343 e. The first-order chi connectivity index (χ1) is 9.31. The number of nitrogens with zero attached hydrogens (tertiary/aromatic N) is 2. The Morgan fingerprint density at radius 2 is 2.21 bits per heavy atom. The SMILES string of the molecule is CCn1c([C@@H]2OCC[C@@H]2c2ccccc2)n[nH]c1=O. The Morgan fingerprint density at radius 1 is 1.42 bits per heavy atom. The number of rotatable bonds is 3. The van der Waals surface area contributed by atoms with Crippen molar-refractivity contribution < 1.29 is 4.74 Å². The molecule has 19 heavy (non-hydrogen) atoms. The van der Waals surface area contributed by atoms with Crippen LogP contribution in [0.25, 0.3) is 0 Å². The molecular weight excluding hydrogens is 242 g/mol. The van der Waals surface area contributed by atoms with Crippen LogP contribution in [0.2, 0.25) is 0 Å². The van der Waals surface area contributed by atoms with Crippen LogP contribution in [-0.4, -0.2) is 21.4 Å². The van der Waals surface area contributed by atoms with Gasteiger partial charge in [0, 0.05) is 19.1 Å². The number of H-pyrrole nitrogens is 1. The maximum atomic E-state index is 11.7. The highest BCUT2D eigenvalue weighted by Gasteiger charge is 2.34. The molecule has 2 atom stereocenters. The molecule has 1 aliphatic rings. The second kappa shape index (κ2) is 5.01. The second-order valence-electron chi connectivity index (χ2n) is 4.73. The van der Waals surface area contributed by atoms with Crippen LogP contribution in [0.1, 0.15) is 36.8 Å². The van der Waals surface area contributed by atoms with Crippen LogP contribution < -0.4 is 5.69 Å². The fraction of sp³-hybridized carbons (Fsp3) is 0.429. The van der Waals surface area contributed by atoms with E-state index in [-0.39, 0.29) is 17.7 Å². The zero-order chi connectivity index (χ0) is 13.2. The molecule has 0 saturated carbocycles. The van der Waals surface area contributed by atoms with Gasteiger partial charge in [0.15, 0.2) is 5.82 Å². The molecule has 3 rings (SSSR count). The normalized spacial score (nSPS) is 22.8. The van der Waals surface area contributed by atoms with Crippen LogP contribution in [0.15, 0.2) is 35.1 Å². The zero-order valence-electron chi connectivity index (χ0n) is 10.9. The summed E-state index contributed by atoms with van der Waals surface area (Å²) >= 11 is 0. The van der Waals surface area contributed by atoms with Gasteiger partial charge in [0.1, 0.15) is 6.10 Å². The molecule has 1 aliphatic heterocycles. The molecule has 5 heteroatoms. The lowest BCUT2D eigenvalue weighted by Gasteiger charge is -2.18. The van der Waals surface area contributed by atoms with Crippen molar-refractivity contribution in [3.8, 4) is 0 Å². The summed E-state index contributed by atoms with van der Waals surface area (Å²) in [7, 11) is 0. The van der Waals surface area contributed by atoms with Crippen molar-refractivity contribution in [2.75, 3.05) is 6.61 Å². The fourth-order valence-corrected chi connectivity index (χ4v) is 2.74. The molecule has 0 radical (unpaired) electrons. The lowest BCUT2D eigenvalue weighted by Crippen LogP contribution is -2.20. The third-order valence-electron chi connectivity index (χ3n) is 3.68. The smallest absolute Gasteiger partial charge is 0.343 e. The molecule has 0 unspecified atom stereocenters. The predicted molar refractivity (Wildman–Crippen MR) is 71.0 cm³/mol. The summed E-state index contributed by atoms with van der Waals surface area (Å²) in [6.07, 6.45) is 0.820. The molecular formula is C14H17N3O2. The highest BCUT2D eigenvalue weighted by molar-refractivity contribution is 5.23. The quantitative estimate of drug-likeness (QED) is 0.915. The van der Waals surface area contributed by atoms with Crippen LogP contribution in [0.4, 0.5) is 0 Å². The zero-order valence-corrected chi connectivity index (χ0v) is 10.9. The summed E-state index contributed by atoms with van der Waals surface area (Å²) in [6, 6.07) is 10.3. The average Bonchev–Trinajstić information content (AvgIpc) is 3.05. The Labute approximate surface area is 111 Å². The van der Waals surface area contributed by atoms with Crippen molar-refractivity contribution in [2.45, 2.75) is 31.9 Å². The number of hydrogen-bond acceptors (Lipinski definition) is 3. The van der Waals surface area contributed by atoms with Gasteiger partial charge in [-0.05, 0) is 18.9 Å². The van der Waals surface area contributed by atoms with Gasteiger partial charge in [0.25, 0.3) is 0 Å². The highest BCUT2D eigenvalue weighted by Crippen LogP contribution is 2.40. The highest BCUT2D eigenvalue weighted by atomic mass is 16.5. The Balaban J connectivity index is 1.98. The van der Waals surface area contributed by atoms with Gasteiger partial charge in [0.05, 0.1) is 0 Å². The molecule has 1 aromatic heterocycles. The van der Waals surface area contributed by atoms with Gasteiger partial charge >= 0.3 is 5.69 Å². The minimum Gasteiger partial charge on any atom is -0.370 e. The van der Waals surface area contributed by atoms with Crippen molar-refractivity contribution in [1.82, 2.24) is 14.8 Å². The van der Waals surface area contributed by atoms with Gasteiger partial charge in [0.2, 0.25) is 0 Å².